The number of nitrogens with zero attached hydrogens (tertiary/aromatic N) is 3. The minimum Gasteiger partial charge on any atom is -0.257 e. The molecule has 0 spiro atoms. The molecule has 0 bridgehead atoms. The van der Waals surface area contributed by atoms with E-state index in [4.69, 9.17) is 0 Å². The maximum atomic E-state index is 11.6. The standard InChI is InChI=1S/C10H17N3O2S/c1-12-10(13(2)16(3,14)15)8-6-4-5-7-9(8)11-12/h4-7H2,1-3H3. The molecule has 0 atom stereocenters. The number of hydrogen-bond acceptors (Lipinski definition) is 3. The van der Waals surface area contributed by atoms with E-state index in [1.165, 1.54) is 10.6 Å². The summed E-state index contributed by atoms with van der Waals surface area (Å²) in [5.41, 5.74) is 2.15. The van der Waals surface area contributed by atoms with Crippen LogP contribution < -0.4 is 4.31 Å². The lowest BCUT2D eigenvalue weighted by Gasteiger charge is -2.19. The van der Waals surface area contributed by atoms with Gasteiger partial charge in [-0.3, -0.25) is 8.99 Å². The van der Waals surface area contributed by atoms with E-state index in [-0.39, 0.29) is 0 Å². The zero-order chi connectivity index (χ0) is 11.9. The molecule has 2 rings (SSSR count). The highest BCUT2D eigenvalue weighted by molar-refractivity contribution is 7.92. The fraction of sp³-hybridized carbons (Fsp3) is 0.700. The molecule has 1 aromatic rings. The molecule has 6 heteroatoms. The van der Waals surface area contributed by atoms with Crippen LogP contribution in [-0.2, 0) is 29.9 Å². The molecule has 0 radical (unpaired) electrons. The van der Waals surface area contributed by atoms with Crippen LogP contribution in [0, 0.1) is 0 Å². The smallest absolute Gasteiger partial charge is 0.233 e. The lowest BCUT2D eigenvalue weighted by Crippen LogP contribution is -2.28. The quantitative estimate of drug-likeness (QED) is 0.768. The summed E-state index contributed by atoms with van der Waals surface area (Å²) >= 11 is 0. The van der Waals surface area contributed by atoms with Crippen molar-refractivity contribution in [1.82, 2.24) is 9.78 Å². The molecule has 1 aliphatic carbocycles. The van der Waals surface area contributed by atoms with Crippen molar-refractivity contribution >= 4 is 15.8 Å². The molecule has 0 saturated carbocycles. The van der Waals surface area contributed by atoms with Crippen molar-refractivity contribution < 1.29 is 8.42 Å². The second kappa shape index (κ2) is 3.76. The topological polar surface area (TPSA) is 55.2 Å². The molecule has 0 unspecified atom stereocenters. The predicted octanol–water partition coefficient (Wildman–Crippen LogP) is 0.695. The molecule has 0 N–H and O–H groups in total. The highest BCUT2D eigenvalue weighted by Crippen LogP contribution is 2.30. The van der Waals surface area contributed by atoms with Crippen LogP contribution in [0.3, 0.4) is 0 Å². The maximum absolute atomic E-state index is 11.6. The molecular weight excluding hydrogens is 226 g/mol. The van der Waals surface area contributed by atoms with E-state index in [0.29, 0.717) is 0 Å². The Balaban J connectivity index is 2.52. The van der Waals surface area contributed by atoms with Crippen LogP contribution in [0.2, 0.25) is 0 Å². The number of hydrogen-bond donors (Lipinski definition) is 0. The number of sulfonamides is 1. The Kier molecular flexibility index (Phi) is 2.69. The maximum Gasteiger partial charge on any atom is 0.233 e. The summed E-state index contributed by atoms with van der Waals surface area (Å²) in [5.74, 6) is 0.720. The van der Waals surface area contributed by atoms with Gasteiger partial charge >= 0.3 is 0 Å². The zero-order valence-electron chi connectivity index (χ0n) is 9.89. The van der Waals surface area contributed by atoms with Gasteiger partial charge in [-0.05, 0) is 25.7 Å². The molecule has 1 aromatic heterocycles. The Hall–Kier alpha value is -1.04. The normalized spacial score (nSPS) is 15.9. The van der Waals surface area contributed by atoms with E-state index in [0.717, 1.165) is 42.8 Å². The van der Waals surface area contributed by atoms with Crippen LogP contribution in [0.25, 0.3) is 0 Å². The summed E-state index contributed by atoms with van der Waals surface area (Å²) in [5, 5.41) is 4.40. The van der Waals surface area contributed by atoms with Crippen LogP contribution in [0.1, 0.15) is 24.1 Å². The van der Waals surface area contributed by atoms with Gasteiger partial charge in [0.15, 0.2) is 0 Å². The first-order chi connectivity index (χ1) is 7.41. The van der Waals surface area contributed by atoms with Crippen molar-refractivity contribution in [3.8, 4) is 0 Å². The van der Waals surface area contributed by atoms with Crippen molar-refractivity contribution in [3.05, 3.63) is 11.3 Å². The molecular formula is C10H17N3O2S. The largest absolute Gasteiger partial charge is 0.257 e. The average molecular weight is 243 g/mol. The summed E-state index contributed by atoms with van der Waals surface area (Å²) in [6.45, 7) is 0. The number of anilines is 1. The molecule has 5 nitrogen and oxygen atoms in total. The first-order valence-electron chi connectivity index (χ1n) is 5.40. The van der Waals surface area contributed by atoms with E-state index < -0.39 is 10.0 Å². The predicted molar refractivity (Wildman–Crippen MR) is 63.1 cm³/mol. The highest BCUT2D eigenvalue weighted by atomic mass is 32.2. The fourth-order valence-electron chi connectivity index (χ4n) is 2.22. The van der Waals surface area contributed by atoms with Gasteiger partial charge in [-0.1, -0.05) is 0 Å². The van der Waals surface area contributed by atoms with Gasteiger partial charge in [0, 0.05) is 19.7 Å². The lowest BCUT2D eigenvalue weighted by molar-refractivity contribution is 0.598. The number of aryl methyl sites for hydroxylation is 2. The number of rotatable bonds is 2. The van der Waals surface area contributed by atoms with Gasteiger partial charge in [-0.25, -0.2) is 8.42 Å². The Morgan fingerprint density at radius 2 is 1.94 bits per heavy atom. The Bertz CT molecular complexity index is 504. The fourth-order valence-corrected chi connectivity index (χ4v) is 2.76. The second-order valence-electron chi connectivity index (χ2n) is 4.31. The number of fused-ring (bicyclic) bond motifs is 1. The van der Waals surface area contributed by atoms with Gasteiger partial charge in [-0.15, -0.1) is 0 Å². The first-order valence-corrected chi connectivity index (χ1v) is 7.24. The van der Waals surface area contributed by atoms with Crippen molar-refractivity contribution in [2.24, 2.45) is 7.05 Å². The third-order valence-corrected chi connectivity index (χ3v) is 4.25. The third-order valence-electron chi connectivity index (χ3n) is 3.08. The van der Waals surface area contributed by atoms with Crippen molar-refractivity contribution in [2.75, 3.05) is 17.6 Å². The van der Waals surface area contributed by atoms with Crippen LogP contribution >= 0.6 is 0 Å². The van der Waals surface area contributed by atoms with Crippen LogP contribution in [-0.4, -0.2) is 31.5 Å². The lowest BCUT2D eigenvalue weighted by atomic mass is 9.97. The number of aromatic nitrogens is 2. The third kappa shape index (κ3) is 1.81. The summed E-state index contributed by atoms with van der Waals surface area (Å²) in [6.07, 6.45) is 5.36. The van der Waals surface area contributed by atoms with Gasteiger partial charge < -0.3 is 0 Å². The molecule has 0 saturated heterocycles. The molecule has 0 aliphatic heterocycles. The SMILES string of the molecule is CN(c1c2c(nn1C)CCCC2)S(C)(=O)=O. The Morgan fingerprint density at radius 1 is 1.31 bits per heavy atom. The molecule has 16 heavy (non-hydrogen) atoms. The van der Waals surface area contributed by atoms with Crippen molar-refractivity contribution in [3.63, 3.8) is 0 Å². The molecule has 1 heterocycles. The van der Waals surface area contributed by atoms with Gasteiger partial charge in [0.25, 0.3) is 0 Å². The van der Waals surface area contributed by atoms with E-state index in [9.17, 15) is 8.42 Å². The van der Waals surface area contributed by atoms with Gasteiger partial charge in [0.2, 0.25) is 10.0 Å². The molecule has 0 amide bonds. The van der Waals surface area contributed by atoms with E-state index in [2.05, 4.69) is 5.10 Å². The minimum atomic E-state index is -3.21. The molecule has 0 fully saturated rings. The molecule has 0 aromatic carbocycles. The second-order valence-corrected chi connectivity index (χ2v) is 6.32. The first kappa shape index (κ1) is 11.4. The zero-order valence-corrected chi connectivity index (χ0v) is 10.7. The van der Waals surface area contributed by atoms with Gasteiger partial charge in [0.1, 0.15) is 5.82 Å². The van der Waals surface area contributed by atoms with E-state index in [1.807, 2.05) is 0 Å². The summed E-state index contributed by atoms with van der Waals surface area (Å²) in [4.78, 5) is 0. The summed E-state index contributed by atoms with van der Waals surface area (Å²) < 4.78 is 26.1. The van der Waals surface area contributed by atoms with Crippen LogP contribution in [0.5, 0.6) is 0 Å². The highest BCUT2D eigenvalue weighted by Gasteiger charge is 2.25. The molecule has 1 aliphatic rings. The Morgan fingerprint density at radius 3 is 2.56 bits per heavy atom. The molecule has 90 valence electrons. The van der Waals surface area contributed by atoms with Gasteiger partial charge in [-0.2, -0.15) is 5.10 Å². The monoisotopic (exact) mass is 243 g/mol. The van der Waals surface area contributed by atoms with Crippen LogP contribution in [0.4, 0.5) is 5.82 Å². The summed E-state index contributed by atoms with van der Waals surface area (Å²) in [6, 6.07) is 0. The van der Waals surface area contributed by atoms with Crippen molar-refractivity contribution in [1.29, 1.82) is 0 Å². The van der Waals surface area contributed by atoms with Crippen LogP contribution in [0.15, 0.2) is 0 Å². The Labute approximate surface area is 96.1 Å². The van der Waals surface area contributed by atoms with Gasteiger partial charge in [0.05, 0.1) is 11.9 Å². The summed E-state index contributed by atoms with van der Waals surface area (Å²) in [7, 11) is 0.176. The van der Waals surface area contributed by atoms with E-state index >= 15 is 0 Å². The average Bonchev–Trinajstić information content (AvgIpc) is 2.51. The van der Waals surface area contributed by atoms with E-state index in [1.54, 1.807) is 18.8 Å². The van der Waals surface area contributed by atoms with Crippen molar-refractivity contribution in [2.45, 2.75) is 25.7 Å². The minimum absolute atomic E-state index is 0.720.